The number of carbonyl (C=O) groups is 4. The molecule has 16 heteroatoms. The molecule has 81 heavy (non-hydrogen) atoms. The van der Waals surface area contributed by atoms with E-state index in [0.717, 1.165) is 40.5 Å². The lowest BCUT2D eigenvalue weighted by molar-refractivity contribution is -0.141. The van der Waals surface area contributed by atoms with Crippen molar-refractivity contribution in [2.45, 2.75) is 102 Å². The van der Waals surface area contributed by atoms with Gasteiger partial charge < -0.3 is 20.0 Å². The third kappa shape index (κ3) is 15.4. The number of piperidine rings is 2. The van der Waals surface area contributed by atoms with Gasteiger partial charge in [0.1, 0.15) is 12.1 Å². The van der Waals surface area contributed by atoms with Gasteiger partial charge in [-0.05, 0) is 110 Å². The van der Waals surface area contributed by atoms with Crippen LogP contribution >= 0.6 is 0 Å². The van der Waals surface area contributed by atoms with E-state index >= 15 is 0 Å². The molecule has 2 aliphatic rings. The average molecular weight is 1120 g/mol. The topological polar surface area (TPSA) is 96.5 Å². The van der Waals surface area contributed by atoms with Crippen molar-refractivity contribution in [3.05, 3.63) is 213 Å². The van der Waals surface area contributed by atoms with Gasteiger partial charge in [-0.2, -0.15) is 26.3 Å². The van der Waals surface area contributed by atoms with Gasteiger partial charge in [0, 0.05) is 75.7 Å². The third-order valence-electron chi connectivity index (χ3n) is 16.0. The van der Waals surface area contributed by atoms with Gasteiger partial charge in [-0.25, -0.2) is 0 Å². The van der Waals surface area contributed by atoms with Crippen LogP contribution in [0.3, 0.4) is 0 Å². The Balaban J connectivity index is 0.000000261. The maximum absolute atomic E-state index is 14.0. The molecule has 0 saturated carbocycles. The molecule has 4 amide bonds. The zero-order valence-corrected chi connectivity index (χ0v) is 47.3. The quantitative estimate of drug-likeness (QED) is 0.0970. The van der Waals surface area contributed by atoms with Crippen molar-refractivity contribution in [1.82, 2.24) is 29.8 Å². The molecule has 6 aromatic rings. The molecule has 2 unspecified atom stereocenters. The molecule has 2 fully saturated rings. The Kier molecular flexibility index (Phi) is 20.1. The molecule has 2 saturated heterocycles. The fourth-order valence-corrected chi connectivity index (χ4v) is 11.6. The smallest absolute Gasteiger partial charge is 0.347 e. The molecule has 1 N–H and O–H groups in total. The van der Waals surface area contributed by atoms with Crippen molar-refractivity contribution in [2.24, 2.45) is 0 Å². The van der Waals surface area contributed by atoms with E-state index in [1.54, 1.807) is 56.8 Å². The Morgan fingerprint density at radius 3 is 1.25 bits per heavy atom. The van der Waals surface area contributed by atoms with Crippen LogP contribution in [0.1, 0.15) is 109 Å². The summed E-state index contributed by atoms with van der Waals surface area (Å²) >= 11 is 0. The zero-order valence-electron chi connectivity index (χ0n) is 47.3. The first-order valence-electron chi connectivity index (χ1n) is 27.5. The fraction of sp³-hybridized carbons (Fsp3) is 0.385. The fourth-order valence-electron chi connectivity index (χ4n) is 11.6. The van der Waals surface area contributed by atoms with E-state index in [1.807, 2.05) is 121 Å². The van der Waals surface area contributed by atoms with E-state index in [1.165, 1.54) is 13.0 Å². The van der Waals surface area contributed by atoms with Crippen molar-refractivity contribution in [2.75, 3.05) is 60.4 Å². The molecule has 0 radical (unpaired) electrons. The second kappa shape index (κ2) is 26.5. The second-order valence-corrected chi connectivity index (χ2v) is 21.7. The first kappa shape index (κ1) is 61.3. The highest BCUT2D eigenvalue weighted by Crippen LogP contribution is 2.42. The summed E-state index contributed by atoms with van der Waals surface area (Å²) in [5.41, 5.74) is 3.69. The Bertz CT molecular complexity index is 3060. The Hall–Kier alpha value is -7.30. The monoisotopic (exact) mass is 1120 g/mol. The first-order chi connectivity index (χ1) is 38.4. The predicted molar refractivity (Wildman–Crippen MR) is 306 cm³/mol. The van der Waals surface area contributed by atoms with Gasteiger partial charge in [0.2, 0.25) is 23.6 Å². The number of amides is 4. The number of alkyl halides is 6. The molecule has 0 aliphatic carbocycles. The zero-order chi connectivity index (χ0) is 58.7. The highest BCUT2D eigenvalue weighted by atomic mass is 19.4. The largest absolute Gasteiger partial charge is 0.416 e. The van der Waals surface area contributed by atoms with Crippen LogP contribution in [0.15, 0.2) is 158 Å². The highest BCUT2D eigenvalue weighted by Gasteiger charge is 2.45. The van der Waals surface area contributed by atoms with Crippen molar-refractivity contribution in [3.63, 3.8) is 0 Å². The number of nitrogens with zero attached hydrogens (tertiary/aromatic N) is 5. The van der Waals surface area contributed by atoms with Crippen LogP contribution in [0.25, 0.3) is 0 Å². The van der Waals surface area contributed by atoms with E-state index in [2.05, 4.69) is 27.2 Å². The van der Waals surface area contributed by atoms with E-state index in [0.29, 0.717) is 87.0 Å². The second-order valence-electron chi connectivity index (χ2n) is 21.7. The summed E-state index contributed by atoms with van der Waals surface area (Å²) in [6.07, 6.45) is -5.60. The summed E-state index contributed by atoms with van der Waals surface area (Å²) in [5.74, 6) is -0.325. The average Bonchev–Trinajstić information content (AvgIpc) is 3.65. The third-order valence-corrected chi connectivity index (χ3v) is 16.0. The maximum Gasteiger partial charge on any atom is 0.416 e. The molecule has 0 bridgehead atoms. The number of halogens is 6. The van der Waals surface area contributed by atoms with Crippen LogP contribution in [0.5, 0.6) is 0 Å². The van der Waals surface area contributed by atoms with Crippen molar-refractivity contribution < 1.29 is 46.9 Å². The van der Waals surface area contributed by atoms with Crippen molar-refractivity contribution >= 4 is 23.6 Å². The Labute approximate surface area is 474 Å². The van der Waals surface area contributed by atoms with Gasteiger partial charge in [0.15, 0.2) is 0 Å². The molecule has 2 heterocycles. The number of benzene rings is 6. The standard InChI is InChI=1S/C33H38F3N3O2.C32H36F3N3O2.H2/c1-24-21-26(23-29(22-24)33(34,35)36)15-18-37(3)31(41)30(27-11-7-5-8-12-27)39-19-16-32(17-20-39,38(4)25(2)40)28-13-9-6-10-14-28;1-23-20-25(22-28(21-23)32(33,34)35)14-17-37(3)30(40)29(26-10-6-4-7-11-26)38-18-15-31(16-19-38,36-24(2)39)27-12-8-5-9-13-27;/h5-14,21-23,30H,15-20H2,1-4H3;4-13,20-22,29H,14-19H2,1-3H3,(H,36,39);1H. The molecule has 0 spiro atoms. The summed E-state index contributed by atoms with van der Waals surface area (Å²) in [6.45, 7) is 9.33. The van der Waals surface area contributed by atoms with Crippen molar-refractivity contribution in [1.29, 1.82) is 0 Å². The molecular weight excluding hydrogens is 1040 g/mol. The van der Waals surface area contributed by atoms with Gasteiger partial charge in [-0.15, -0.1) is 0 Å². The number of likely N-dealkylation sites (N-methyl/N-ethyl adjacent to an activating group) is 2. The lowest BCUT2D eigenvalue weighted by atomic mass is 9.78. The van der Waals surface area contributed by atoms with Gasteiger partial charge in [0.25, 0.3) is 0 Å². The normalized spacial score (nSPS) is 16.2. The summed E-state index contributed by atoms with van der Waals surface area (Å²) in [4.78, 5) is 61.9. The molecule has 6 aromatic carbocycles. The minimum absolute atomic E-state index is 0. The van der Waals surface area contributed by atoms with Crippen LogP contribution in [0, 0.1) is 13.8 Å². The van der Waals surface area contributed by atoms with E-state index < -0.39 is 46.6 Å². The van der Waals surface area contributed by atoms with Gasteiger partial charge in [-0.3, -0.25) is 29.0 Å². The summed E-state index contributed by atoms with van der Waals surface area (Å²) in [7, 11) is 5.25. The lowest BCUT2D eigenvalue weighted by Gasteiger charge is -2.49. The van der Waals surface area contributed by atoms with E-state index in [-0.39, 0.29) is 38.1 Å². The van der Waals surface area contributed by atoms with Crippen LogP contribution in [-0.4, -0.2) is 109 Å². The number of hydrogen-bond acceptors (Lipinski definition) is 6. The molecule has 432 valence electrons. The molecule has 10 nitrogen and oxygen atoms in total. The predicted octanol–water partition coefficient (Wildman–Crippen LogP) is 12.4. The minimum atomic E-state index is -4.42. The summed E-state index contributed by atoms with van der Waals surface area (Å²) in [5, 5.41) is 3.18. The number of rotatable bonds is 16. The molecule has 2 atom stereocenters. The molecule has 8 rings (SSSR count). The van der Waals surface area contributed by atoms with Gasteiger partial charge in [-0.1, -0.05) is 145 Å². The van der Waals surface area contributed by atoms with E-state index in [9.17, 15) is 45.5 Å². The molecule has 0 aromatic heterocycles. The summed E-state index contributed by atoms with van der Waals surface area (Å²) in [6, 6.07) is 46.1. The van der Waals surface area contributed by atoms with Crippen LogP contribution in [0.2, 0.25) is 0 Å². The number of aryl methyl sites for hydroxylation is 2. The Morgan fingerprint density at radius 1 is 0.531 bits per heavy atom. The Morgan fingerprint density at radius 2 is 0.889 bits per heavy atom. The number of hydrogen-bond donors (Lipinski definition) is 1. The molecular formula is C65H76F6N6O4. The van der Waals surface area contributed by atoms with Crippen molar-refractivity contribution in [3.8, 4) is 0 Å². The number of carbonyl (C=O) groups excluding carboxylic acids is 4. The molecule has 2 aliphatic heterocycles. The van der Waals surface area contributed by atoms with Gasteiger partial charge >= 0.3 is 12.4 Å². The first-order valence-corrected chi connectivity index (χ1v) is 27.5. The van der Waals surface area contributed by atoms with E-state index in [4.69, 9.17) is 0 Å². The minimum Gasteiger partial charge on any atom is -0.347 e. The van der Waals surface area contributed by atoms with Crippen LogP contribution < -0.4 is 5.32 Å². The van der Waals surface area contributed by atoms with Crippen LogP contribution in [0.4, 0.5) is 26.3 Å². The SMILES string of the molecule is CC(=O)N(C)C1(c2ccccc2)CCN(C(C(=O)N(C)CCc2cc(C)cc(C(F)(F)F)c2)c2ccccc2)CC1.CC(=O)NC1(c2ccccc2)CCN(C(C(=O)N(C)CCc2cc(C)cc(C(F)(F)F)c2)c2ccccc2)CC1.[HH]. The van der Waals surface area contributed by atoms with Gasteiger partial charge in [0.05, 0.1) is 22.2 Å². The maximum atomic E-state index is 14.0. The summed E-state index contributed by atoms with van der Waals surface area (Å²) < 4.78 is 80.0. The number of likely N-dealkylation sites (tertiary alicyclic amines) is 2. The van der Waals surface area contributed by atoms with Crippen LogP contribution in [-0.2, 0) is 55.5 Å². The number of nitrogens with one attached hydrogen (secondary N) is 1. The lowest BCUT2D eigenvalue weighted by Crippen LogP contribution is -2.55. The highest BCUT2D eigenvalue weighted by molar-refractivity contribution is 5.84.